The van der Waals surface area contributed by atoms with Crippen molar-refractivity contribution in [2.45, 2.75) is 40.7 Å². The molecule has 1 N–H and O–H groups in total. The molecule has 0 aliphatic carbocycles. The molecule has 0 aromatic rings. The highest BCUT2D eigenvalue weighted by atomic mass is 16.5. The zero-order valence-corrected chi connectivity index (χ0v) is 10.0. The fourth-order valence-corrected chi connectivity index (χ4v) is 1.23. The second-order valence-corrected chi connectivity index (χ2v) is 4.38. The number of hydrogen-bond acceptors (Lipinski definition) is 3. The van der Waals surface area contributed by atoms with E-state index >= 15 is 0 Å². The van der Waals surface area contributed by atoms with Crippen LogP contribution in [0.3, 0.4) is 0 Å². The van der Waals surface area contributed by atoms with Gasteiger partial charge in [0, 0.05) is 12.0 Å². The van der Waals surface area contributed by atoms with E-state index in [0.717, 1.165) is 6.54 Å². The van der Waals surface area contributed by atoms with Crippen molar-refractivity contribution in [3.05, 3.63) is 0 Å². The van der Waals surface area contributed by atoms with E-state index in [2.05, 4.69) is 5.32 Å². The van der Waals surface area contributed by atoms with Crippen LogP contribution in [-0.4, -0.2) is 31.6 Å². The summed E-state index contributed by atoms with van der Waals surface area (Å²) in [6.07, 6.45) is 0. The topological polar surface area (TPSA) is 38.3 Å². The maximum atomic E-state index is 11.9. The van der Waals surface area contributed by atoms with E-state index in [0.29, 0.717) is 13.2 Å². The van der Waals surface area contributed by atoms with Crippen molar-refractivity contribution in [1.29, 1.82) is 0 Å². The molecule has 0 heterocycles. The average Bonchev–Trinajstić information content (AvgIpc) is 2.09. The molecular weight excluding hydrogens is 178 g/mol. The SMILES string of the molecule is CCNC(COCC)C(=O)C(C)(C)C. The minimum Gasteiger partial charge on any atom is -0.380 e. The van der Waals surface area contributed by atoms with Crippen LogP contribution in [0.4, 0.5) is 0 Å². The van der Waals surface area contributed by atoms with Crippen LogP contribution in [0, 0.1) is 5.41 Å². The molecule has 1 unspecified atom stereocenters. The zero-order chi connectivity index (χ0) is 11.2. The van der Waals surface area contributed by atoms with E-state index < -0.39 is 0 Å². The van der Waals surface area contributed by atoms with E-state index in [1.165, 1.54) is 0 Å². The van der Waals surface area contributed by atoms with Gasteiger partial charge in [0.25, 0.3) is 0 Å². The molecule has 0 saturated carbocycles. The highest BCUT2D eigenvalue weighted by Crippen LogP contribution is 2.16. The zero-order valence-electron chi connectivity index (χ0n) is 10.0. The van der Waals surface area contributed by atoms with Gasteiger partial charge in [0.1, 0.15) is 0 Å². The maximum absolute atomic E-state index is 11.9. The fourth-order valence-electron chi connectivity index (χ4n) is 1.23. The predicted molar refractivity (Wildman–Crippen MR) is 58.4 cm³/mol. The first-order chi connectivity index (χ1) is 6.43. The Hall–Kier alpha value is -0.410. The molecule has 0 aliphatic heterocycles. The van der Waals surface area contributed by atoms with E-state index in [9.17, 15) is 4.79 Å². The summed E-state index contributed by atoms with van der Waals surface area (Å²) in [6.45, 7) is 11.7. The van der Waals surface area contributed by atoms with Gasteiger partial charge in [-0.15, -0.1) is 0 Å². The molecule has 0 spiro atoms. The highest BCUT2D eigenvalue weighted by Gasteiger charge is 2.28. The van der Waals surface area contributed by atoms with Gasteiger partial charge in [-0.25, -0.2) is 0 Å². The number of rotatable bonds is 6. The van der Waals surface area contributed by atoms with Gasteiger partial charge in [0.15, 0.2) is 5.78 Å². The van der Waals surface area contributed by atoms with E-state index in [1.54, 1.807) is 0 Å². The molecular formula is C11H23NO2. The fraction of sp³-hybridized carbons (Fsp3) is 0.909. The third kappa shape index (κ3) is 4.72. The summed E-state index contributed by atoms with van der Waals surface area (Å²) in [5, 5.41) is 3.15. The molecule has 1 atom stereocenters. The average molecular weight is 201 g/mol. The van der Waals surface area contributed by atoms with Gasteiger partial charge < -0.3 is 10.1 Å². The minimum atomic E-state index is -0.302. The van der Waals surface area contributed by atoms with Gasteiger partial charge >= 0.3 is 0 Å². The number of carbonyl (C=O) groups is 1. The second-order valence-electron chi connectivity index (χ2n) is 4.38. The molecule has 0 fully saturated rings. The van der Waals surface area contributed by atoms with Crippen LogP contribution in [-0.2, 0) is 9.53 Å². The van der Waals surface area contributed by atoms with Crippen LogP contribution >= 0.6 is 0 Å². The second kappa shape index (κ2) is 6.14. The number of nitrogens with one attached hydrogen (secondary N) is 1. The summed E-state index contributed by atoms with van der Waals surface area (Å²) in [6, 6.07) is -0.167. The Morgan fingerprint density at radius 2 is 1.93 bits per heavy atom. The van der Waals surface area contributed by atoms with Crippen LogP contribution < -0.4 is 5.32 Å². The number of ketones is 1. The van der Waals surface area contributed by atoms with Crippen LogP contribution in [0.15, 0.2) is 0 Å². The molecule has 0 aromatic carbocycles. The molecule has 0 saturated heterocycles. The summed E-state index contributed by atoms with van der Waals surface area (Å²) in [5.41, 5.74) is -0.302. The first kappa shape index (κ1) is 13.6. The summed E-state index contributed by atoms with van der Waals surface area (Å²) < 4.78 is 5.28. The van der Waals surface area contributed by atoms with E-state index in [-0.39, 0.29) is 17.2 Å². The van der Waals surface area contributed by atoms with Crippen molar-refractivity contribution >= 4 is 5.78 Å². The van der Waals surface area contributed by atoms with Crippen molar-refractivity contribution in [2.75, 3.05) is 19.8 Å². The number of likely N-dealkylation sites (N-methyl/N-ethyl adjacent to an activating group) is 1. The van der Waals surface area contributed by atoms with Crippen molar-refractivity contribution in [1.82, 2.24) is 5.32 Å². The molecule has 3 nitrogen and oxygen atoms in total. The standard InChI is InChI=1S/C11H23NO2/c1-6-12-9(8-14-7-2)10(13)11(3,4)5/h9,12H,6-8H2,1-5H3. The molecule has 84 valence electrons. The van der Waals surface area contributed by atoms with Crippen LogP contribution in [0.25, 0.3) is 0 Å². The molecule has 14 heavy (non-hydrogen) atoms. The van der Waals surface area contributed by atoms with Crippen LogP contribution in [0.1, 0.15) is 34.6 Å². The lowest BCUT2D eigenvalue weighted by Crippen LogP contribution is -2.45. The normalized spacial score (nSPS) is 14.1. The summed E-state index contributed by atoms with van der Waals surface area (Å²) in [7, 11) is 0. The van der Waals surface area contributed by atoms with Crippen molar-refractivity contribution < 1.29 is 9.53 Å². The van der Waals surface area contributed by atoms with Gasteiger partial charge in [-0.05, 0) is 13.5 Å². The lowest BCUT2D eigenvalue weighted by molar-refractivity contribution is -0.129. The Kier molecular flexibility index (Phi) is 5.96. The number of hydrogen-bond donors (Lipinski definition) is 1. The van der Waals surface area contributed by atoms with Crippen LogP contribution in [0.5, 0.6) is 0 Å². The third-order valence-electron chi connectivity index (χ3n) is 1.99. The summed E-state index contributed by atoms with van der Waals surface area (Å²) >= 11 is 0. The summed E-state index contributed by atoms with van der Waals surface area (Å²) in [5.74, 6) is 0.216. The van der Waals surface area contributed by atoms with Gasteiger partial charge in [0.2, 0.25) is 0 Å². The lowest BCUT2D eigenvalue weighted by Gasteiger charge is -2.24. The number of Topliss-reactive ketones (excluding diaryl/α,β-unsaturated/α-hetero) is 1. The third-order valence-corrected chi connectivity index (χ3v) is 1.99. The Morgan fingerprint density at radius 3 is 2.29 bits per heavy atom. The molecule has 0 aromatic heterocycles. The maximum Gasteiger partial charge on any atom is 0.157 e. The predicted octanol–water partition coefficient (Wildman–Crippen LogP) is 1.62. The molecule has 3 heteroatoms. The van der Waals surface area contributed by atoms with Crippen molar-refractivity contribution in [3.63, 3.8) is 0 Å². The first-order valence-electron chi connectivity index (χ1n) is 5.28. The quantitative estimate of drug-likeness (QED) is 0.709. The molecule has 0 rings (SSSR count). The first-order valence-corrected chi connectivity index (χ1v) is 5.28. The molecule has 0 aliphatic rings. The monoisotopic (exact) mass is 201 g/mol. The number of carbonyl (C=O) groups excluding carboxylic acids is 1. The van der Waals surface area contributed by atoms with Gasteiger partial charge in [-0.3, -0.25) is 4.79 Å². The number of ether oxygens (including phenoxy) is 1. The molecule has 0 amide bonds. The van der Waals surface area contributed by atoms with Gasteiger partial charge in [0.05, 0.1) is 12.6 Å². The van der Waals surface area contributed by atoms with Crippen molar-refractivity contribution in [3.8, 4) is 0 Å². The Balaban J connectivity index is 4.25. The smallest absolute Gasteiger partial charge is 0.157 e. The Morgan fingerprint density at radius 1 is 1.36 bits per heavy atom. The van der Waals surface area contributed by atoms with E-state index in [4.69, 9.17) is 4.74 Å². The van der Waals surface area contributed by atoms with E-state index in [1.807, 2.05) is 34.6 Å². The molecule has 0 radical (unpaired) electrons. The largest absolute Gasteiger partial charge is 0.380 e. The lowest BCUT2D eigenvalue weighted by atomic mass is 9.86. The van der Waals surface area contributed by atoms with Gasteiger partial charge in [-0.1, -0.05) is 27.7 Å². The molecule has 0 bridgehead atoms. The Bertz CT molecular complexity index is 173. The minimum absolute atomic E-state index is 0.167. The Labute approximate surface area is 87.2 Å². The van der Waals surface area contributed by atoms with Crippen LogP contribution in [0.2, 0.25) is 0 Å². The highest BCUT2D eigenvalue weighted by molar-refractivity contribution is 5.88. The van der Waals surface area contributed by atoms with Gasteiger partial charge in [-0.2, -0.15) is 0 Å². The summed E-state index contributed by atoms with van der Waals surface area (Å²) in [4.78, 5) is 11.9. The van der Waals surface area contributed by atoms with Crippen molar-refractivity contribution in [2.24, 2.45) is 5.41 Å².